The lowest BCUT2D eigenvalue weighted by Crippen LogP contribution is -2.58. The molecule has 132 valence electrons. The first kappa shape index (κ1) is 15.9. The van der Waals surface area contributed by atoms with E-state index >= 15 is 0 Å². The first-order chi connectivity index (χ1) is 12.0. The number of amides is 1. The summed E-state index contributed by atoms with van der Waals surface area (Å²) in [7, 11) is 0. The van der Waals surface area contributed by atoms with E-state index in [0.717, 1.165) is 0 Å². The number of hydrogen-bond acceptors (Lipinski definition) is 5. The van der Waals surface area contributed by atoms with E-state index in [-0.39, 0.29) is 32.0 Å². The molecule has 2 aromatic heterocycles. The molecule has 1 spiro atoms. The van der Waals surface area contributed by atoms with Crippen LogP contribution in [0.15, 0.2) is 30.9 Å². The molecule has 0 saturated carbocycles. The minimum Gasteiger partial charge on any atom is -0.354 e. The van der Waals surface area contributed by atoms with Gasteiger partial charge in [-0.3, -0.25) is 14.9 Å². The van der Waals surface area contributed by atoms with Gasteiger partial charge in [0.1, 0.15) is 11.5 Å². The molecule has 1 N–H and O–H groups in total. The lowest BCUT2D eigenvalue weighted by molar-refractivity contribution is -0.150. The second kappa shape index (κ2) is 5.75. The number of carbonyl (C=O) groups is 1. The highest BCUT2D eigenvalue weighted by Crippen LogP contribution is 2.50. The third-order valence-electron chi connectivity index (χ3n) is 5.21. The minimum atomic E-state index is -2.82. The minimum absolute atomic E-state index is 0.0224. The Kier molecular flexibility index (Phi) is 3.66. The topological polar surface area (TPSA) is 78.0 Å². The molecule has 4 rings (SSSR count). The number of hydrogen-bond donors (Lipinski definition) is 1. The van der Waals surface area contributed by atoms with Crippen molar-refractivity contribution in [2.45, 2.75) is 18.8 Å². The van der Waals surface area contributed by atoms with E-state index in [9.17, 15) is 13.6 Å². The van der Waals surface area contributed by atoms with Crippen LogP contribution in [-0.2, 0) is 0 Å². The number of carbonyl (C=O) groups excluding carboxylic acids is 1. The fourth-order valence-electron chi connectivity index (χ4n) is 3.77. The summed E-state index contributed by atoms with van der Waals surface area (Å²) in [6.07, 6.45) is 6.13. The molecule has 4 heterocycles. The number of halogens is 2. The van der Waals surface area contributed by atoms with Gasteiger partial charge in [0.25, 0.3) is 11.8 Å². The second-order valence-corrected chi connectivity index (χ2v) is 6.67. The van der Waals surface area contributed by atoms with Gasteiger partial charge >= 0.3 is 0 Å². The summed E-state index contributed by atoms with van der Waals surface area (Å²) in [4.78, 5) is 24.1. The smallest absolute Gasteiger partial charge is 0.271 e. The summed E-state index contributed by atoms with van der Waals surface area (Å²) < 4.78 is 29.6. The average Bonchev–Trinajstić information content (AvgIpc) is 3.29. The number of aromatic amines is 1. The molecular formula is C16H18F2N6O. The van der Waals surface area contributed by atoms with Gasteiger partial charge < -0.3 is 9.80 Å². The van der Waals surface area contributed by atoms with Crippen molar-refractivity contribution in [1.82, 2.24) is 25.1 Å². The van der Waals surface area contributed by atoms with E-state index in [1.54, 1.807) is 24.7 Å². The number of rotatable bonds is 2. The number of aromatic nitrogens is 4. The number of anilines is 1. The third-order valence-corrected chi connectivity index (χ3v) is 5.21. The van der Waals surface area contributed by atoms with E-state index in [0.29, 0.717) is 24.5 Å². The van der Waals surface area contributed by atoms with E-state index in [4.69, 9.17) is 0 Å². The van der Waals surface area contributed by atoms with Gasteiger partial charge in [-0.05, 0) is 12.5 Å². The highest BCUT2D eigenvalue weighted by molar-refractivity contribution is 5.92. The zero-order valence-electron chi connectivity index (χ0n) is 13.5. The van der Waals surface area contributed by atoms with Crippen LogP contribution in [0.5, 0.6) is 0 Å². The molecule has 7 nitrogen and oxygen atoms in total. The van der Waals surface area contributed by atoms with Crippen molar-refractivity contribution in [3.8, 4) is 0 Å². The van der Waals surface area contributed by atoms with Crippen LogP contribution in [0, 0.1) is 5.41 Å². The summed E-state index contributed by atoms with van der Waals surface area (Å²) in [6, 6.07) is 1.56. The highest BCUT2D eigenvalue weighted by atomic mass is 19.3. The van der Waals surface area contributed by atoms with Crippen LogP contribution in [0.4, 0.5) is 14.6 Å². The highest BCUT2D eigenvalue weighted by Gasteiger charge is 2.60. The van der Waals surface area contributed by atoms with Crippen molar-refractivity contribution >= 4 is 11.7 Å². The molecular weight excluding hydrogens is 330 g/mol. The number of H-pyrrole nitrogens is 1. The molecule has 2 aliphatic heterocycles. The van der Waals surface area contributed by atoms with Gasteiger partial charge in [-0.2, -0.15) is 5.10 Å². The second-order valence-electron chi connectivity index (χ2n) is 6.67. The predicted octanol–water partition coefficient (Wildman–Crippen LogP) is 1.58. The van der Waals surface area contributed by atoms with Crippen LogP contribution in [-0.4, -0.2) is 63.1 Å². The summed E-state index contributed by atoms with van der Waals surface area (Å²) in [5, 5.41) is 6.37. The Hall–Kier alpha value is -2.58. The van der Waals surface area contributed by atoms with E-state index in [1.165, 1.54) is 11.1 Å². The van der Waals surface area contributed by atoms with Crippen LogP contribution in [0.1, 0.15) is 23.3 Å². The number of nitrogens with zero attached hydrogens (tertiary/aromatic N) is 5. The molecule has 0 bridgehead atoms. The summed E-state index contributed by atoms with van der Waals surface area (Å²) in [6.45, 7) is 0.693. The van der Waals surface area contributed by atoms with E-state index in [2.05, 4.69) is 20.2 Å². The van der Waals surface area contributed by atoms with Gasteiger partial charge in [0.05, 0.1) is 11.6 Å². The zero-order chi connectivity index (χ0) is 17.5. The quantitative estimate of drug-likeness (QED) is 0.891. The molecule has 2 aliphatic rings. The number of nitrogens with one attached hydrogen (secondary N) is 1. The molecule has 1 amide bonds. The number of alkyl halides is 2. The van der Waals surface area contributed by atoms with Gasteiger partial charge in [0.2, 0.25) is 0 Å². The molecule has 1 atom stereocenters. The Balaban J connectivity index is 1.57. The standard InChI is InChI=1S/C16H18F2N6O/c17-16(18)3-8-24(14(25)12-1-4-21-22-12)11-15(16)2-7-23(10-15)13-9-19-5-6-20-13/h1,4-6,9H,2-3,7-8,10-11H2,(H,21,22). The monoisotopic (exact) mass is 348 g/mol. The van der Waals surface area contributed by atoms with Gasteiger partial charge in [-0.25, -0.2) is 13.8 Å². The first-order valence-corrected chi connectivity index (χ1v) is 8.18. The van der Waals surface area contributed by atoms with Gasteiger partial charge in [-0.1, -0.05) is 0 Å². The summed E-state index contributed by atoms with van der Waals surface area (Å²) in [5.41, 5.74) is -0.942. The molecule has 2 fully saturated rings. The number of piperidine rings is 1. The van der Waals surface area contributed by atoms with E-state index < -0.39 is 11.3 Å². The maximum absolute atomic E-state index is 14.8. The normalized spacial score (nSPS) is 25.5. The third kappa shape index (κ3) is 2.63. The maximum atomic E-state index is 14.8. The predicted molar refractivity (Wildman–Crippen MR) is 85.4 cm³/mol. The Morgan fingerprint density at radius 3 is 2.76 bits per heavy atom. The molecule has 9 heteroatoms. The van der Waals surface area contributed by atoms with Crippen LogP contribution in [0.3, 0.4) is 0 Å². The fraction of sp³-hybridized carbons (Fsp3) is 0.500. The van der Waals surface area contributed by atoms with Crippen LogP contribution >= 0.6 is 0 Å². The van der Waals surface area contributed by atoms with E-state index in [1.807, 2.05) is 4.90 Å². The molecule has 2 aromatic rings. The molecule has 1 unspecified atom stereocenters. The summed E-state index contributed by atoms with van der Waals surface area (Å²) in [5.74, 6) is -2.52. The Labute approximate surface area is 143 Å². The largest absolute Gasteiger partial charge is 0.354 e. The maximum Gasteiger partial charge on any atom is 0.271 e. The Morgan fingerprint density at radius 2 is 2.04 bits per heavy atom. The fourth-order valence-corrected chi connectivity index (χ4v) is 3.77. The zero-order valence-corrected chi connectivity index (χ0v) is 13.5. The lowest BCUT2D eigenvalue weighted by atomic mass is 9.75. The van der Waals surface area contributed by atoms with Crippen LogP contribution in [0.25, 0.3) is 0 Å². The van der Waals surface area contributed by atoms with Crippen LogP contribution in [0.2, 0.25) is 0 Å². The van der Waals surface area contributed by atoms with Crippen molar-refractivity contribution in [3.63, 3.8) is 0 Å². The molecule has 0 aliphatic carbocycles. The molecule has 0 radical (unpaired) electrons. The average molecular weight is 348 g/mol. The Morgan fingerprint density at radius 1 is 1.16 bits per heavy atom. The van der Waals surface area contributed by atoms with Crippen LogP contribution < -0.4 is 4.90 Å². The Bertz CT molecular complexity index is 753. The lowest BCUT2D eigenvalue weighted by Gasteiger charge is -2.45. The van der Waals surface area contributed by atoms with Crippen molar-refractivity contribution in [2.24, 2.45) is 5.41 Å². The molecule has 2 saturated heterocycles. The molecule has 25 heavy (non-hydrogen) atoms. The van der Waals surface area contributed by atoms with Crippen molar-refractivity contribution in [1.29, 1.82) is 0 Å². The SMILES string of the molecule is O=C(c1ccn[nH]1)N1CCC(F)(F)C2(CCN(c3cnccn3)C2)C1. The first-order valence-electron chi connectivity index (χ1n) is 8.18. The van der Waals surface area contributed by atoms with Gasteiger partial charge in [0.15, 0.2) is 0 Å². The van der Waals surface area contributed by atoms with Gasteiger partial charge in [-0.15, -0.1) is 0 Å². The van der Waals surface area contributed by atoms with Crippen molar-refractivity contribution < 1.29 is 13.6 Å². The summed E-state index contributed by atoms with van der Waals surface area (Å²) >= 11 is 0. The number of likely N-dealkylation sites (tertiary alicyclic amines) is 1. The molecule has 0 aromatic carbocycles. The van der Waals surface area contributed by atoms with Gasteiger partial charge in [0, 0.05) is 51.2 Å². The van der Waals surface area contributed by atoms with Crippen molar-refractivity contribution in [2.75, 3.05) is 31.1 Å². The van der Waals surface area contributed by atoms with Crippen molar-refractivity contribution in [3.05, 3.63) is 36.5 Å².